The van der Waals surface area contributed by atoms with Crippen molar-refractivity contribution < 1.29 is 14.3 Å². The summed E-state index contributed by atoms with van der Waals surface area (Å²) in [6.45, 7) is 4.09. The molecule has 0 radical (unpaired) electrons. The van der Waals surface area contributed by atoms with E-state index in [0.717, 1.165) is 48.4 Å². The number of imidazole rings is 1. The minimum atomic E-state index is -0.145. The van der Waals surface area contributed by atoms with E-state index < -0.39 is 0 Å². The van der Waals surface area contributed by atoms with Crippen LogP contribution in [0.15, 0.2) is 48.5 Å². The molecule has 0 unspecified atom stereocenters. The number of amides is 1. The van der Waals surface area contributed by atoms with Crippen molar-refractivity contribution in [2.75, 3.05) is 20.3 Å². The largest absolute Gasteiger partial charge is 0.494 e. The average Bonchev–Trinajstić information content (AvgIpc) is 3.10. The summed E-state index contributed by atoms with van der Waals surface area (Å²) in [4.78, 5) is 16.4. The zero-order chi connectivity index (χ0) is 20.5. The highest BCUT2D eigenvalue weighted by Crippen LogP contribution is 2.17. The van der Waals surface area contributed by atoms with Crippen molar-refractivity contribution in [3.05, 3.63) is 59.9 Å². The third-order valence-electron chi connectivity index (χ3n) is 4.83. The van der Waals surface area contributed by atoms with E-state index in [1.165, 1.54) is 12.7 Å². The van der Waals surface area contributed by atoms with Crippen molar-refractivity contribution in [3.63, 3.8) is 0 Å². The number of aromatic nitrogens is 2. The summed E-state index contributed by atoms with van der Waals surface area (Å²) >= 11 is 0. The van der Waals surface area contributed by atoms with Crippen molar-refractivity contribution in [2.45, 2.75) is 39.3 Å². The van der Waals surface area contributed by atoms with Gasteiger partial charge in [0.05, 0.1) is 24.2 Å². The van der Waals surface area contributed by atoms with Gasteiger partial charge in [0.15, 0.2) is 0 Å². The summed E-state index contributed by atoms with van der Waals surface area (Å²) in [5.74, 6) is 1.62. The summed E-state index contributed by atoms with van der Waals surface area (Å²) in [6, 6.07) is 16.3. The summed E-state index contributed by atoms with van der Waals surface area (Å²) < 4.78 is 12.9. The number of unbranched alkanes of at least 4 members (excludes halogenated alkanes) is 1. The first kappa shape index (κ1) is 20.9. The van der Waals surface area contributed by atoms with Crippen LogP contribution in [0.2, 0.25) is 0 Å². The molecule has 0 aliphatic rings. The van der Waals surface area contributed by atoms with Crippen LogP contribution in [0, 0.1) is 0 Å². The molecule has 1 N–H and O–H groups in total. The van der Waals surface area contributed by atoms with E-state index in [2.05, 4.69) is 40.0 Å². The number of aryl methyl sites for hydroxylation is 2. The number of rotatable bonds is 11. The molecule has 0 bridgehead atoms. The third kappa shape index (κ3) is 5.81. The summed E-state index contributed by atoms with van der Waals surface area (Å²) in [6.07, 6.45) is 2.94. The molecule has 2 aromatic carbocycles. The van der Waals surface area contributed by atoms with Gasteiger partial charge >= 0.3 is 0 Å². The molecule has 0 atom stereocenters. The van der Waals surface area contributed by atoms with E-state index >= 15 is 0 Å². The smallest absolute Gasteiger partial charge is 0.246 e. The fraction of sp³-hybridized carbons (Fsp3) is 0.391. The lowest BCUT2D eigenvalue weighted by atomic mass is 10.2. The van der Waals surface area contributed by atoms with Crippen LogP contribution in [-0.4, -0.2) is 35.8 Å². The Balaban J connectivity index is 1.55. The molecule has 0 spiro atoms. The van der Waals surface area contributed by atoms with Gasteiger partial charge in [-0.05, 0) is 49.1 Å². The van der Waals surface area contributed by atoms with Crippen LogP contribution in [0.5, 0.6) is 5.75 Å². The molecule has 1 aromatic heterocycles. The van der Waals surface area contributed by atoms with Gasteiger partial charge < -0.3 is 19.4 Å². The first-order valence-electron chi connectivity index (χ1n) is 10.1. The van der Waals surface area contributed by atoms with Crippen LogP contribution < -0.4 is 10.1 Å². The van der Waals surface area contributed by atoms with Gasteiger partial charge in [-0.15, -0.1) is 0 Å². The number of carbonyl (C=O) groups is 1. The fourth-order valence-electron chi connectivity index (χ4n) is 3.25. The molecule has 29 heavy (non-hydrogen) atoms. The molecule has 6 heteroatoms. The van der Waals surface area contributed by atoms with Gasteiger partial charge in [-0.1, -0.05) is 31.2 Å². The molecule has 3 rings (SSSR count). The maximum atomic E-state index is 11.7. The summed E-state index contributed by atoms with van der Waals surface area (Å²) in [5, 5.41) is 2.86. The lowest BCUT2D eigenvalue weighted by molar-refractivity contribution is -0.124. The van der Waals surface area contributed by atoms with Crippen molar-refractivity contribution >= 4 is 16.9 Å². The molecular weight excluding hydrogens is 366 g/mol. The Morgan fingerprint density at radius 1 is 1.10 bits per heavy atom. The predicted molar refractivity (Wildman–Crippen MR) is 114 cm³/mol. The lowest BCUT2D eigenvalue weighted by Crippen LogP contribution is -2.28. The molecule has 6 nitrogen and oxygen atoms in total. The fourth-order valence-corrected chi connectivity index (χ4v) is 3.25. The quantitative estimate of drug-likeness (QED) is 0.503. The van der Waals surface area contributed by atoms with E-state index in [4.69, 9.17) is 9.47 Å². The second kappa shape index (κ2) is 10.6. The number of hydrogen-bond donors (Lipinski definition) is 1. The molecule has 0 aliphatic heterocycles. The Bertz CT molecular complexity index is 919. The van der Waals surface area contributed by atoms with Gasteiger partial charge in [0, 0.05) is 13.7 Å². The van der Waals surface area contributed by atoms with Gasteiger partial charge in [-0.25, -0.2) is 4.98 Å². The normalized spacial score (nSPS) is 11.0. The molecule has 0 saturated carbocycles. The Morgan fingerprint density at radius 2 is 1.90 bits per heavy atom. The molecule has 1 amide bonds. The number of ether oxygens (including phenoxy) is 2. The number of fused-ring (bicyclic) bond motifs is 1. The third-order valence-corrected chi connectivity index (χ3v) is 4.83. The molecule has 0 fully saturated rings. The molecular formula is C23H29N3O3. The minimum absolute atomic E-state index is 0.0524. The van der Waals surface area contributed by atoms with Gasteiger partial charge in [-0.3, -0.25) is 4.79 Å². The van der Waals surface area contributed by atoms with E-state index in [0.29, 0.717) is 13.2 Å². The Labute approximate surface area is 171 Å². The maximum Gasteiger partial charge on any atom is 0.246 e. The topological polar surface area (TPSA) is 65.4 Å². The van der Waals surface area contributed by atoms with Gasteiger partial charge in [0.1, 0.15) is 18.2 Å². The van der Waals surface area contributed by atoms with Gasteiger partial charge in [0.2, 0.25) is 5.91 Å². The summed E-state index contributed by atoms with van der Waals surface area (Å²) in [5.41, 5.74) is 3.34. The zero-order valence-corrected chi connectivity index (χ0v) is 17.2. The second-order valence-electron chi connectivity index (χ2n) is 6.93. The highest BCUT2D eigenvalue weighted by atomic mass is 16.5. The van der Waals surface area contributed by atoms with Crippen LogP contribution in [0.25, 0.3) is 11.0 Å². The van der Waals surface area contributed by atoms with Crippen LogP contribution in [0.1, 0.15) is 31.2 Å². The van der Waals surface area contributed by atoms with Crippen LogP contribution in [-0.2, 0) is 29.0 Å². The zero-order valence-electron chi connectivity index (χ0n) is 17.2. The Kier molecular flexibility index (Phi) is 7.64. The number of methoxy groups -OCH3 is 1. The standard InChI is InChI=1S/C23H29N3O3/c1-3-18-10-12-19(13-11-18)29-15-7-6-14-26-21-9-5-4-8-20(21)25-22(26)16-24-23(27)17-28-2/h4-5,8-13H,3,6-7,14-17H2,1-2H3,(H,24,27). The Morgan fingerprint density at radius 3 is 2.66 bits per heavy atom. The SMILES string of the molecule is CCc1ccc(OCCCCn2c(CNC(=O)COC)nc3ccccc32)cc1. The van der Waals surface area contributed by atoms with Crippen molar-refractivity contribution in [1.82, 2.24) is 14.9 Å². The number of para-hydroxylation sites is 2. The number of carbonyl (C=O) groups excluding carboxylic acids is 1. The molecule has 0 saturated heterocycles. The molecule has 0 aliphatic carbocycles. The number of nitrogens with zero attached hydrogens (tertiary/aromatic N) is 2. The van der Waals surface area contributed by atoms with Crippen molar-refractivity contribution in [2.24, 2.45) is 0 Å². The minimum Gasteiger partial charge on any atom is -0.494 e. The van der Waals surface area contributed by atoms with Crippen LogP contribution in [0.4, 0.5) is 0 Å². The van der Waals surface area contributed by atoms with Crippen molar-refractivity contribution in [1.29, 1.82) is 0 Å². The van der Waals surface area contributed by atoms with Gasteiger partial charge in [0.25, 0.3) is 0 Å². The Hall–Kier alpha value is -2.86. The first-order valence-corrected chi connectivity index (χ1v) is 10.1. The predicted octanol–water partition coefficient (Wildman–Crippen LogP) is 3.72. The molecule has 3 aromatic rings. The maximum absolute atomic E-state index is 11.7. The number of benzene rings is 2. The first-order chi connectivity index (χ1) is 14.2. The number of hydrogen-bond acceptors (Lipinski definition) is 4. The van der Waals surface area contributed by atoms with E-state index in [1.807, 2.05) is 30.3 Å². The van der Waals surface area contributed by atoms with Gasteiger partial charge in [-0.2, -0.15) is 0 Å². The average molecular weight is 396 g/mol. The monoisotopic (exact) mass is 395 g/mol. The van der Waals surface area contributed by atoms with E-state index in [-0.39, 0.29) is 12.5 Å². The van der Waals surface area contributed by atoms with Crippen molar-refractivity contribution in [3.8, 4) is 5.75 Å². The highest BCUT2D eigenvalue weighted by Gasteiger charge is 2.11. The lowest BCUT2D eigenvalue weighted by Gasteiger charge is -2.11. The van der Waals surface area contributed by atoms with Crippen LogP contribution in [0.3, 0.4) is 0 Å². The van der Waals surface area contributed by atoms with Crippen LogP contribution >= 0.6 is 0 Å². The number of nitrogens with one attached hydrogen (secondary N) is 1. The second-order valence-corrected chi connectivity index (χ2v) is 6.93. The molecule has 154 valence electrons. The highest BCUT2D eigenvalue weighted by molar-refractivity contribution is 5.78. The summed E-state index contributed by atoms with van der Waals surface area (Å²) in [7, 11) is 1.51. The van der Waals surface area contributed by atoms with E-state index in [9.17, 15) is 4.79 Å². The van der Waals surface area contributed by atoms with E-state index in [1.54, 1.807) is 0 Å². The molecule has 1 heterocycles.